The lowest BCUT2D eigenvalue weighted by Gasteiger charge is -2.41. The number of carbonyl (C=O) groups is 1. The molecule has 6 heteroatoms. The number of aliphatic hydroxyl groups excluding tert-OH is 1. The molecule has 6 nitrogen and oxygen atoms in total. The summed E-state index contributed by atoms with van der Waals surface area (Å²) in [4.78, 5) is 16.4. The van der Waals surface area contributed by atoms with Crippen LogP contribution in [-0.2, 0) is 24.4 Å². The summed E-state index contributed by atoms with van der Waals surface area (Å²) in [5, 5.41) is 10.8. The standard InChI is InChI=1S/C24H30N4O2/c25-24(30)18-28-16-20(22-8-4-5-9-23(22)28)15-26-11-12-27(21(17-26)10-13-29)14-19-6-2-1-3-7-19/h1-9,16,21,29H,10-15,17-18H2,(H2,25,30). The molecule has 1 saturated heterocycles. The highest BCUT2D eigenvalue weighted by Crippen LogP contribution is 2.25. The van der Waals surface area contributed by atoms with Crippen molar-refractivity contribution in [3.8, 4) is 0 Å². The maximum Gasteiger partial charge on any atom is 0.237 e. The molecule has 1 fully saturated rings. The molecule has 1 aliphatic heterocycles. The summed E-state index contributed by atoms with van der Waals surface area (Å²) >= 11 is 0. The molecule has 4 rings (SSSR count). The molecular formula is C24H30N4O2. The van der Waals surface area contributed by atoms with E-state index in [1.54, 1.807) is 0 Å². The van der Waals surface area contributed by atoms with Crippen LogP contribution in [0.25, 0.3) is 10.9 Å². The number of primary amides is 1. The lowest BCUT2D eigenvalue weighted by molar-refractivity contribution is -0.118. The largest absolute Gasteiger partial charge is 0.396 e. The van der Waals surface area contributed by atoms with Crippen molar-refractivity contribution in [3.63, 3.8) is 0 Å². The Morgan fingerprint density at radius 3 is 2.57 bits per heavy atom. The van der Waals surface area contributed by atoms with Crippen LogP contribution in [0.5, 0.6) is 0 Å². The highest BCUT2D eigenvalue weighted by molar-refractivity contribution is 5.85. The second-order valence-corrected chi connectivity index (χ2v) is 8.12. The quantitative estimate of drug-likeness (QED) is 0.601. The summed E-state index contributed by atoms with van der Waals surface area (Å²) in [6, 6.07) is 19.0. The van der Waals surface area contributed by atoms with Crippen LogP contribution in [0.4, 0.5) is 0 Å². The number of fused-ring (bicyclic) bond motifs is 1. The van der Waals surface area contributed by atoms with E-state index in [0.29, 0.717) is 6.04 Å². The average molecular weight is 407 g/mol. The number of benzene rings is 2. The monoisotopic (exact) mass is 406 g/mol. The normalized spacial score (nSPS) is 18.1. The third kappa shape index (κ3) is 4.73. The SMILES string of the molecule is NC(=O)Cn1cc(CN2CCN(Cc3ccccc3)C(CCO)C2)c2ccccc21. The van der Waals surface area contributed by atoms with E-state index in [4.69, 9.17) is 5.73 Å². The first-order valence-corrected chi connectivity index (χ1v) is 10.6. The van der Waals surface area contributed by atoms with Crippen LogP contribution < -0.4 is 5.73 Å². The molecule has 2 heterocycles. The van der Waals surface area contributed by atoms with Crippen LogP contribution in [0.2, 0.25) is 0 Å². The van der Waals surface area contributed by atoms with Crippen LogP contribution in [-0.4, -0.2) is 57.7 Å². The van der Waals surface area contributed by atoms with E-state index >= 15 is 0 Å². The fourth-order valence-corrected chi connectivity index (χ4v) is 4.54. The highest BCUT2D eigenvalue weighted by atomic mass is 16.3. The topological polar surface area (TPSA) is 74.7 Å². The van der Waals surface area contributed by atoms with Crippen LogP contribution in [0.1, 0.15) is 17.5 Å². The molecule has 158 valence electrons. The molecule has 0 saturated carbocycles. The first-order valence-electron chi connectivity index (χ1n) is 10.6. The number of rotatable bonds is 8. The molecular weight excluding hydrogens is 376 g/mol. The first-order chi connectivity index (χ1) is 14.6. The minimum absolute atomic E-state index is 0.193. The Hall–Kier alpha value is -2.67. The van der Waals surface area contributed by atoms with E-state index in [1.807, 2.05) is 28.8 Å². The van der Waals surface area contributed by atoms with Gasteiger partial charge in [-0.3, -0.25) is 14.6 Å². The van der Waals surface area contributed by atoms with E-state index in [0.717, 1.165) is 44.7 Å². The second kappa shape index (κ2) is 9.43. The summed E-state index contributed by atoms with van der Waals surface area (Å²) in [5.41, 5.74) is 9.00. The van der Waals surface area contributed by atoms with Gasteiger partial charge in [-0.05, 0) is 23.6 Å². The summed E-state index contributed by atoms with van der Waals surface area (Å²) in [6.07, 6.45) is 2.83. The summed E-state index contributed by atoms with van der Waals surface area (Å²) in [5.74, 6) is -0.333. The van der Waals surface area contributed by atoms with Gasteiger partial charge in [0.25, 0.3) is 0 Å². The number of nitrogens with two attached hydrogens (primary N) is 1. The summed E-state index contributed by atoms with van der Waals surface area (Å²) in [6.45, 7) is 5.00. The Kier molecular flexibility index (Phi) is 6.47. The maximum absolute atomic E-state index is 11.5. The van der Waals surface area contributed by atoms with Gasteiger partial charge in [-0.15, -0.1) is 0 Å². The number of aliphatic hydroxyl groups is 1. The fraction of sp³-hybridized carbons (Fsp3) is 0.375. The van der Waals surface area contributed by atoms with Crippen molar-refractivity contribution in [1.82, 2.24) is 14.4 Å². The molecule has 1 atom stereocenters. The van der Waals surface area contributed by atoms with Gasteiger partial charge in [-0.2, -0.15) is 0 Å². The Morgan fingerprint density at radius 1 is 1.03 bits per heavy atom. The van der Waals surface area contributed by atoms with Crippen LogP contribution in [0, 0.1) is 0 Å². The van der Waals surface area contributed by atoms with Gasteiger partial charge in [-0.1, -0.05) is 48.5 Å². The molecule has 1 aromatic heterocycles. The number of piperazine rings is 1. The zero-order valence-corrected chi connectivity index (χ0v) is 17.3. The predicted molar refractivity (Wildman–Crippen MR) is 119 cm³/mol. The van der Waals surface area contributed by atoms with Gasteiger partial charge in [0, 0.05) is 62.5 Å². The molecule has 0 radical (unpaired) electrons. The Morgan fingerprint density at radius 2 is 1.80 bits per heavy atom. The minimum Gasteiger partial charge on any atom is -0.396 e. The van der Waals surface area contributed by atoms with Gasteiger partial charge in [0.05, 0.1) is 0 Å². The predicted octanol–water partition coefficient (Wildman–Crippen LogP) is 2.20. The zero-order valence-electron chi connectivity index (χ0n) is 17.3. The lowest BCUT2D eigenvalue weighted by Crippen LogP contribution is -2.52. The van der Waals surface area contributed by atoms with Gasteiger partial charge in [0.2, 0.25) is 5.91 Å². The molecule has 3 N–H and O–H groups in total. The number of amides is 1. The number of aromatic nitrogens is 1. The number of hydrogen-bond donors (Lipinski definition) is 2. The van der Waals surface area contributed by atoms with Crippen molar-refractivity contribution in [2.45, 2.75) is 32.1 Å². The molecule has 1 amide bonds. The maximum atomic E-state index is 11.5. The van der Waals surface area contributed by atoms with E-state index in [1.165, 1.54) is 16.5 Å². The van der Waals surface area contributed by atoms with Crippen molar-refractivity contribution in [3.05, 3.63) is 71.9 Å². The van der Waals surface area contributed by atoms with Gasteiger partial charge in [0.15, 0.2) is 0 Å². The molecule has 0 spiro atoms. The van der Waals surface area contributed by atoms with Gasteiger partial charge in [-0.25, -0.2) is 0 Å². The number of para-hydroxylation sites is 1. The third-order valence-corrected chi connectivity index (χ3v) is 5.97. The second-order valence-electron chi connectivity index (χ2n) is 8.12. The van der Waals surface area contributed by atoms with Gasteiger partial charge in [0.1, 0.15) is 6.54 Å². The molecule has 1 unspecified atom stereocenters. The van der Waals surface area contributed by atoms with Gasteiger partial charge < -0.3 is 15.4 Å². The Balaban J connectivity index is 1.49. The molecule has 30 heavy (non-hydrogen) atoms. The number of carbonyl (C=O) groups excluding carboxylic acids is 1. The fourth-order valence-electron chi connectivity index (χ4n) is 4.54. The van der Waals surface area contributed by atoms with Crippen molar-refractivity contribution in [2.24, 2.45) is 5.73 Å². The third-order valence-electron chi connectivity index (χ3n) is 5.97. The zero-order chi connectivity index (χ0) is 20.9. The van der Waals surface area contributed by atoms with E-state index in [9.17, 15) is 9.90 Å². The Bertz CT molecular complexity index is 985. The van der Waals surface area contributed by atoms with Crippen molar-refractivity contribution in [1.29, 1.82) is 0 Å². The van der Waals surface area contributed by atoms with E-state index in [2.05, 4.69) is 46.3 Å². The van der Waals surface area contributed by atoms with Crippen molar-refractivity contribution < 1.29 is 9.90 Å². The molecule has 0 bridgehead atoms. The van der Waals surface area contributed by atoms with Crippen LogP contribution in [0.15, 0.2) is 60.8 Å². The molecule has 2 aromatic carbocycles. The number of nitrogens with zero attached hydrogens (tertiary/aromatic N) is 3. The number of hydrogen-bond acceptors (Lipinski definition) is 4. The van der Waals surface area contributed by atoms with Crippen molar-refractivity contribution >= 4 is 16.8 Å². The van der Waals surface area contributed by atoms with Crippen LogP contribution in [0.3, 0.4) is 0 Å². The summed E-state index contributed by atoms with van der Waals surface area (Å²) in [7, 11) is 0. The minimum atomic E-state index is -0.333. The van der Waals surface area contributed by atoms with Crippen molar-refractivity contribution in [2.75, 3.05) is 26.2 Å². The summed E-state index contributed by atoms with van der Waals surface area (Å²) < 4.78 is 1.95. The Labute approximate surface area is 177 Å². The molecule has 3 aromatic rings. The highest BCUT2D eigenvalue weighted by Gasteiger charge is 2.27. The van der Waals surface area contributed by atoms with Crippen LogP contribution >= 0.6 is 0 Å². The smallest absolute Gasteiger partial charge is 0.237 e. The van der Waals surface area contributed by atoms with E-state index < -0.39 is 0 Å². The van der Waals surface area contributed by atoms with E-state index in [-0.39, 0.29) is 19.1 Å². The van der Waals surface area contributed by atoms with Gasteiger partial charge >= 0.3 is 0 Å². The first kappa shape index (κ1) is 20.6. The average Bonchev–Trinajstić information content (AvgIpc) is 3.08. The molecule has 0 aliphatic carbocycles. The lowest BCUT2D eigenvalue weighted by atomic mass is 10.1. The molecule has 1 aliphatic rings.